The van der Waals surface area contributed by atoms with Crippen LogP contribution in [-0.2, 0) is 11.3 Å². The summed E-state index contributed by atoms with van der Waals surface area (Å²) in [5.74, 6) is -1.25. The SMILES string of the molecule is CN1CCCN(C(=O)c2nc(-c3cn(CC4CCCCC4)cn3)n3ccccc23)CC1.O=C(O)C(F)(F)F. The topological polar surface area (TPSA) is 96.0 Å². The first kappa shape index (κ1) is 27.6. The predicted octanol–water partition coefficient (Wildman–Crippen LogP) is 4.19. The number of pyridine rings is 1. The predicted molar refractivity (Wildman–Crippen MR) is 135 cm³/mol. The maximum atomic E-state index is 13.4. The molecule has 9 nitrogen and oxygen atoms in total. The van der Waals surface area contributed by atoms with Crippen molar-refractivity contribution in [2.75, 3.05) is 33.2 Å². The van der Waals surface area contributed by atoms with Gasteiger partial charge in [-0.1, -0.05) is 25.3 Å². The molecule has 38 heavy (non-hydrogen) atoms. The summed E-state index contributed by atoms with van der Waals surface area (Å²) >= 11 is 0. The van der Waals surface area contributed by atoms with Crippen LogP contribution in [0, 0.1) is 5.92 Å². The highest BCUT2D eigenvalue weighted by atomic mass is 19.4. The first-order chi connectivity index (χ1) is 18.1. The third-order valence-corrected chi connectivity index (χ3v) is 7.06. The number of carboxylic acid groups (broad SMARTS) is 1. The van der Waals surface area contributed by atoms with E-state index in [4.69, 9.17) is 14.9 Å². The fourth-order valence-electron chi connectivity index (χ4n) is 5.02. The van der Waals surface area contributed by atoms with Crippen LogP contribution >= 0.6 is 0 Å². The second kappa shape index (κ2) is 12.0. The summed E-state index contributed by atoms with van der Waals surface area (Å²) in [7, 11) is 2.11. The van der Waals surface area contributed by atoms with Crippen LogP contribution in [-0.4, -0.2) is 85.1 Å². The van der Waals surface area contributed by atoms with Crippen LogP contribution < -0.4 is 0 Å². The Morgan fingerprint density at radius 1 is 1.05 bits per heavy atom. The van der Waals surface area contributed by atoms with Crippen LogP contribution in [0.2, 0.25) is 0 Å². The summed E-state index contributed by atoms with van der Waals surface area (Å²) < 4.78 is 35.9. The van der Waals surface area contributed by atoms with Gasteiger partial charge in [-0.2, -0.15) is 13.2 Å². The van der Waals surface area contributed by atoms with Gasteiger partial charge in [-0.25, -0.2) is 14.8 Å². The van der Waals surface area contributed by atoms with Gasteiger partial charge >= 0.3 is 12.1 Å². The molecule has 1 amide bonds. The van der Waals surface area contributed by atoms with Crippen molar-refractivity contribution >= 4 is 17.4 Å². The number of rotatable bonds is 4. The van der Waals surface area contributed by atoms with Gasteiger partial charge in [-0.05, 0) is 50.9 Å². The van der Waals surface area contributed by atoms with Gasteiger partial charge in [0, 0.05) is 38.6 Å². The molecule has 0 unspecified atom stereocenters. The standard InChI is InChI=1S/C24H32N6O.C2HF3O2/c1-27-11-7-12-29(15-14-27)24(31)22-21-10-5-6-13-30(21)23(26-22)20-17-28(18-25-20)16-19-8-3-2-4-9-19;3-2(4,5)1(6)7/h5-6,10,13,17-19H,2-4,7-9,11-12,14-16H2,1H3;(H,6,7). The van der Waals surface area contributed by atoms with Crippen LogP contribution in [0.5, 0.6) is 0 Å². The number of amides is 1. The Kier molecular flexibility index (Phi) is 8.70. The Hall–Kier alpha value is -3.41. The van der Waals surface area contributed by atoms with E-state index in [9.17, 15) is 18.0 Å². The van der Waals surface area contributed by atoms with Crippen molar-refractivity contribution in [1.82, 2.24) is 28.7 Å². The number of nitrogens with zero attached hydrogens (tertiary/aromatic N) is 6. The molecule has 0 atom stereocenters. The van der Waals surface area contributed by atoms with E-state index in [-0.39, 0.29) is 5.91 Å². The summed E-state index contributed by atoms with van der Waals surface area (Å²) in [4.78, 5) is 36.0. The lowest BCUT2D eigenvalue weighted by Gasteiger charge is -2.21. The van der Waals surface area contributed by atoms with E-state index in [1.807, 2.05) is 40.0 Å². The number of carbonyl (C=O) groups excluding carboxylic acids is 1. The number of hydrogen-bond acceptors (Lipinski definition) is 5. The second-order valence-electron chi connectivity index (χ2n) is 9.95. The van der Waals surface area contributed by atoms with E-state index >= 15 is 0 Å². The number of aliphatic carboxylic acids is 1. The molecule has 0 aromatic carbocycles. The van der Waals surface area contributed by atoms with Crippen LogP contribution in [0.4, 0.5) is 13.2 Å². The van der Waals surface area contributed by atoms with Gasteiger partial charge in [-0.15, -0.1) is 0 Å². The maximum absolute atomic E-state index is 13.4. The minimum atomic E-state index is -5.08. The van der Waals surface area contributed by atoms with E-state index < -0.39 is 12.1 Å². The van der Waals surface area contributed by atoms with Crippen molar-refractivity contribution in [1.29, 1.82) is 0 Å². The molecule has 1 saturated carbocycles. The smallest absolute Gasteiger partial charge is 0.475 e. The van der Waals surface area contributed by atoms with E-state index in [1.165, 1.54) is 32.1 Å². The zero-order chi connectivity index (χ0) is 27.3. The average Bonchev–Trinajstić information content (AvgIpc) is 3.44. The Bertz CT molecular complexity index is 1250. The molecule has 206 valence electrons. The third kappa shape index (κ3) is 6.72. The van der Waals surface area contributed by atoms with Crippen LogP contribution in [0.25, 0.3) is 17.0 Å². The molecule has 3 aromatic heterocycles. The molecule has 1 aliphatic carbocycles. The second-order valence-corrected chi connectivity index (χ2v) is 9.95. The zero-order valence-corrected chi connectivity index (χ0v) is 21.4. The number of alkyl halides is 3. The highest BCUT2D eigenvalue weighted by molar-refractivity contribution is 6.00. The van der Waals surface area contributed by atoms with Crippen molar-refractivity contribution in [3.8, 4) is 11.5 Å². The van der Waals surface area contributed by atoms with Gasteiger partial charge in [0.25, 0.3) is 5.91 Å². The first-order valence-electron chi connectivity index (χ1n) is 12.9. The molecule has 0 radical (unpaired) electrons. The zero-order valence-electron chi connectivity index (χ0n) is 21.4. The molecular formula is C26H33F3N6O3. The lowest BCUT2D eigenvalue weighted by atomic mass is 9.89. The molecule has 1 saturated heterocycles. The molecule has 2 aliphatic rings. The quantitative estimate of drug-likeness (QED) is 0.539. The fraction of sp³-hybridized carbons (Fsp3) is 0.538. The Morgan fingerprint density at radius 2 is 1.79 bits per heavy atom. The molecule has 0 bridgehead atoms. The van der Waals surface area contributed by atoms with Gasteiger partial charge in [0.1, 0.15) is 5.69 Å². The Labute approximate surface area is 218 Å². The van der Waals surface area contributed by atoms with Crippen LogP contribution in [0.1, 0.15) is 49.0 Å². The molecule has 0 spiro atoms. The molecule has 3 aromatic rings. The fourth-order valence-corrected chi connectivity index (χ4v) is 5.02. The number of hydrogen-bond donors (Lipinski definition) is 1. The minimum Gasteiger partial charge on any atom is -0.475 e. The van der Waals surface area contributed by atoms with Crippen molar-refractivity contribution in [2.45, 2.75) is 51.2 Å². The van der Waals surface area contributed by atoms with E-state index in [2.05, 4.69) is 27.7 Å². The van der Waals surface area contributed by atoms with Crippen molar-refractivity contribution in [2.24, 2.45) is 5.92 Å². The average molecular weight is 535 g/mol. The summed E-state index contributed by atoms with van der Waals surface area (Å²) in [5, 5.41) is 7.12. The Balaban J connectivity index is 0.000000426. The van der Waals surface area contributed by atoms with E-state index in [0.717, 1.165) is 62.1 Å². The van der Waals surface area contributed by atoms with Crippen molar-refractivity contribution < 1.29 is 27.9 Å². The molecular weight excluding hydrogens is 501 g/mol. The highest BCUT2D eigenvalue weighted by Crippen LogP contribution is 2.27. The van der Waals surface area contributed by atoms with Crippen LogP contribution in [0.15, 0.2) is 36.9 Å². The molecule has 4 heterocycles. The molecule has 2 fully saturated rings. The highest BCUT2D eigenvalue weighted by Gasteiger charge is 2.38. The number of fused-ring (bicyclic) bond motifs is 1. The third-order valence-electron chi connectivity index (χ3n) is 7.06. The lowest BCUT2D eigenvalue weighted by Crippen LogP contribution is -2.34. The number of aromatic nitrogens is 4. The summed E-state index contributed by atoms with van der Waals surface area (Å²) in [5.41, 5.74) is 2.20. The number of halogens is 3. The molecule has 12 heteroatoms. The lowest BCUT2D eigenvalue weighted by molar-refractivity contribution is -0.192. The molecule has 5 rings (SSSR count). The Morgan fingerprint density at radius 3 is 2.50 bits per heavy atom. The van der Waals surface area contributed by atoms with E-state index in [1.54, 1.807) is 0 Å². The normalized spacial score (nSPS) is 17.6. The number of carbonyl (C=O) groups is 2. The number of imidazole rings is 2. The van der Waals surface area contributed by atoms with Gasteiger partial charge in [-0.3, -0.25) is 9.20 Å². The van der Waals surface area contributed by atoms with Gasteiger partial charge in [0.2, 0.25) is 0 Å². The van der Waals surface area contributed by atoms with Gasteiger partial charge < -0.3 is 19.5 Å². The number of likely N-dealkylation sites (N-methyl/N-ethyl adjacent to an activating group) is 1. The monoisotopic (exact) mass is 534 g/mol. The maximum Gasteiger partial charge on any atom is 0.490 e. The summed E-state index contributed by atoms with van der Waals surface area (Å²) in [6.07, 6.45) is 8.56. The number of carboxylic acids is 1. The summed E-state index contributed by atoms with van der Waals surface area (Å²) in [6, 6.07) is 5.93. The van der Waals surface area contributed by atoms with Gasteiger partial charge in [0.05, 0.1) is 11.8 Å². The largest absolute Gasteiger partial charge is 0.490 e. The molecule has 1 N–H and O–H groups in total. The van der Waals surface area contributed by atoms with Crippen molar-refractivity contribution in [3.05, 3.63) is 42.6 Å². The molecule has 1 aliphatic heterocycles. The minimum absolute atomic E-state index is 0.0203. The first-order valence-corrected chi connectivity index (χ1v) is 12.9. The van der Waals surface area contributed by atoms with Crippen molar-refractivity contribution in [3.63, 3.8) is 0 Å². The summed E-state index contributed by atoms with van der Waals surface area (Å²) in [6.45, 7) is 4.46. The van der Waals surface area contributed by atoms with E-state index in [0.29, 0.717) is 5.69 Å². The van der Waals surface area contributed by atoms with Crippen LogP contribution in [0.3, 0.4) is 0 Å². The van der Waals surface area contributed by atoms with Gasteiger partial charge in [0.15, 0.2) is 11.5 Å².